The van der Waals surface area contributed by atoms with Crippen molar-refractivity contribution in [2.24, 2.45) is 0 Å². The molecule has 0 aliphatic carbocycles. The quantitative estimate of drug-likeness (QED) is 0.783. The number of piperazine rings is 1. The zero-order valence-electron chi connectivity index (χ0n) is 13.5. The van der Waals surface area contributed by atoms with Crippen LogP contribution in [0.2, 0.25) is 0 Å². The molecule has 1 aliphatic heterocycles. The third kappa shape index (κ3) is 2.55. The molecule has 4 rings (SSSR count). The monoisotopic (exact) mass is 308 g/mol. The first-order valence-corrected chi connectivity index (χ1v) is 7.97. The molecule has 1 aromatic carbocycles. The van der Waals surface area contributed by atoms with Gasteiger partial charge in [-0.3, -0.25) is 0 Å². The van der Waals surface area contributed by atoms with E-state index in [0.717, 1.165) is 54.5 Å². The van der Waals surface area contributed by atoms with Crippen LogP contribution in [-0.4, -0.2) is 45.9 Å². The Morgan fingerprint density at radius 2 is 1.91 bits per heavy atom. The average Bonchev–Trinajstić information content (AvgIpc) is 2.98. The maximum absolute atomic E-state index is 4.68. The van der Waals surface area contributed by atoms with Gasteiger partial charge in [0.2, 0.25) is 0 Å². The minimum Gasteiger partial charge on any atom is -0.353 e. The highest BCUT2D eigenvalue weighted by Crippen LogP contribution is 2.26. The predicted octanol–water partition coefficient (Wildman–Crippen LogP) is 1.84. The first-order valence-electron chi connectivity index (χ1n) is 7.97. The molecular formula is C17H20N6. The molecule has 1 fully saturated rings. The van der Waals surface area contributed by atoms with Crippen molar-refractivity contribution in [1.82, 2.24) is 25.1 Å². The standard InChI is InChI=1S/C17H20N6/c1-12-4-3-5-14(10-12)23-17-15(11-19-23)16(20-13(2)21-17)22-8-6-18-7-9-22/h3-5,10-11,18H,6-9H2,1-2H3. The fraction of sp³-hybridized carbons (Fsp3) is 0.353. The number of aryl methyl sites for hydroxylation is 2. The fourth-order valence-corrected chi connectivity index (χ4v) is 3.07. The van der Waals surface area contributed by atoms with Crippen LogP contribution in [-0.2, 0) is 0 Å². The Balaban J connectivity index is 1.87. The van der Waals surface area contributed by atoms with Crippen molar-refractivity contribution < 1.29 is 0 Å². The summed E-state index contributed by atoms with van der Waals surface area (Å²) >= 11 is 0. The highest BCUT2D eigenvalue weighted by Gasteiger charge is 2.19. The Bertz CT molecular complexity index is 847. The number of nitrogens with zero attached hydrogens (tertiary/aromatic N) is 5. The zero-order chi connectivity index (χ0) is 15.8. The number of hydrogen-bond donors (Lipinski definition) is 1. The van der Waals surface area contributed by atoms with Crippen LogP contribution in [0.3, 0.4) is 0 Å². The van der Waals surface area contributed by atoms with E-state index in [1.807, 2.05) is 23.9 Å². The van der Waals surface area contributed by atoms with Crippen LogP contribution in [0.25, 0.3) is 16.7 Å². The number of fused-ring (bicyclic) bond motifs is 1. The molecule has 0 radical (unpaired) electrons. The Morgan fingerprint density at radius 3 is 2.70 bits per heavy atom. The van der Waals surface area contributed by atoms with Crippen molar-refractivity contribution in [3.8, 4) is 5.69 Å². The molecule has 0 saturated carbocycles. The van der Waals surface area contributed by atoms with E-state index in [0.29, 0.717) is 0 Å². The van der Waals surface area contributed by atoms with Gasteiger partial charge in [-0.2, -0.15) is 5.10 Å². The van der Waals surface area contributed by atoms with Gasteiger partial charge < -0.3 is 10.2 Å². The summed E-state index contributed by atoms with van der Waals surface area (Å²) in [5, 5.41) is 8.97. The van der Waals surface area contributed by atoms with Gasteiger partial charge in [0.05, 0.1) is 17.3 Å². The van der Waals surface area contributed by atoms with Crippen LogP contribution in [0.5, 0.6) is 0 Å². The van der Waals surface area contributed by atoms with Gasteiger partial charge in [-0.15, -0.1) is 0 Å². The lowest BCUT2D eigenvalue weighted by Crippen LogP contribution is -2.44. The Labute approximate surface area is 135 Å². The number of rotatable bonds is 2. The largest absolute Gasteiger partial charge is 0.353 e. The van der Waals surface area contributed by atoms with Gasteiger partial charge in [0.15, 0.2) is 5.65 Å². The lowest BCUT2D eigenvalue weighted by Gasteiger charge is -2.28. The van der Waals surface area contributed by atoms with E-state index in [1.165, 1.54) is 5.56 Å². The van der Waals surface area contributed by atoms with Gasteiger partial charge in [-0.1, -0.05) is 12.1 Å². The average molecular weight is 308 g/mol. The molecule has 23 heavy (non-hydrogen) atoms. The maximum atomic E-state index is 4.68. The summed E-state index contributed by atoms with van der Waals surface area (Å²) in [7, 11) is 0. The van der Waals surface area contributed by atoms with Gasteiger partial charge in [-0.05, 0) is 31.5 Å². The molecule has 1 N–H and O–H groups in total. The molecule has 3 aromatic rings. The van der Waals surface area contributed by atoms with E-state index < -0.39 is 0 Å². The lowest BCUT2D eigenvalue weighted by molar-refractivity contribution is 0.585. The predicted molar refractivity (Wildman–Crippen MR) is 91.2 cm³/mol. The minimum atomic E-state index is 0.778. The van der Waals surface area contributed by atoms with Gasteiger partial charge in [0, 0.05) is 26.2 Å². The van der Waals surface area contributed by atoms with Crippen molar-refractivity contribution in [3.05, 3.63) is 41.9 Å². The lowest BCUT2D eigenvalue weighted by atomic mass is 10.2. The summed E-state index contributed by atoms with van der Waals surface area (Å²) in [6, 6.07) is 8.31. The normalized spacial score (nSPS) is 15.3. The third-order valence-electron chi connectivity index (χ3n) is 4.18. The molecule has 3 heterocycles. The van der Waals surface area contributed by atoms with Crippen LogP contribution < -0.4 is 10.2 Å². The highest BCUT2D eigenvalue weighted by atomic mass is 15.3. The summed E-state index contributed by atoms with van der Waals surface area (Å²) in [6.45, 7) is 7.91. The summed E-state index contributed by atoms with van der Waals surface area (Å²) < 4.78 is 1.91. The molecule has 0 unspecified atom stereocenters. The third-order valence-corrected chi connectivity index (χ3v) is 4.18. The summed E-state index contributed by atoms with van der Waals surface area (Å²) in [5.41, 5.74) is 3.11. The first-order chi connectivity index (χ1) is 11.2. The second kappa shape index (κ2) is 5.62. The van der Waals surface area contributed by atoms with Crippen molar-refractivity contribution in [2.45, 2.75) is 13.8 Å². The molecule has 6 heteroatoms. The molecule has 2 aromatic heterocycles. The van der Waals surface area contributed by atoms with E-state index in [4.69, 9.17) is 0 Å². The van der Waals surface area contributed by atoms with E-state index in [9.17, 15) is 0 Å². The second-order valence-electron chi connectivity index (χ2n) is 5.96. The van der Waals surface area contributed by atoms with Crippen LogP contribution in [0, 0.1) is 13.8 Å². The SMILES string of the molecule is Cc1cccc(-n2ncc3c(N4CCNCC4)nc(C)nc32)c1. The molecule has 0 bridgehead atoms. The molecule has 0 atom stereocenters. The summed E-state index contributed by atoms with van der Waals surface area (Å²) in [6.07, 6.45) is 1.88. The van der Waals surface area contributed by atoms with Crippen molar-refractivity contribution in [3.63, 3.8) is 0 Å². The molecule has 1 saturated heterocycles. The molecule has 0 amide bonds. The maximum Gasteiger partial charge on any atom is 0.168 e. The number of hydrogen-bond acceptors (Lipinski definition) is 5. The van der Waals surface area contributed by atoms with E-state index in [-0.39, 0.29) is 0 Å². The number of nitrogens with one attached hydrogen (secondary N) is 1. The number of benzene rings is 1. The first kappa shape index (κ1) is 14.1. The van der Waals surface area contributed by atoms with Crippen LogP contribution >= 0.6 is 0 Å². The highest BCUT2D eigenvalue weighted by molar-refractivity contribution is 5.88. The zero-order valence-corrected chi connectivity index (χ0v) is 13.5. The van der Waals surface area contributed by atoms with Crippen LogP contribution in [0.1, 0.15) is 11.4 Å². The topological polar surface area (TPSA) is 58.9 Å². The van der Waals surface area contributed by atoms with E-state index in [2.05, 4.69) is 50.4 Å². The Morgan fingerprint density at radius 1 is 1.09 bits per heavy atom. The summed E-state index contributed by atoms with van der Waals surface area (Å²) in [4.78, 5) is 11.6. The number of aromatic nitrogens is 4. The van der Waals surface area contributed by atoms with Gasteiger partial charge in [0.25, 0.3) is 0 Å². The van der Waals surface area contributed by atoms with E-state index >= 15 is 0 Å². The minimum absolute atomic E-state index is 0.778. The van der Waals surface area contributed by atoms with Gasteiger partial charge in [0.1, 0.15) is 11.6 Å². The van der Waals surface area contributed by atoms with Crippen LogP contribution in [0.15, 0.2) is 30.5 Å². The molecule has 118 valence electrons. The van der Waals surface area contributed by atoms with Crippen molar-refractivity contribution >= 4 is 16.9 Å². The van der Waals surface area contributed by atoms with Gasteiger partial charge >= 0.3 is 0 Å². The fourth-order valence-electron chi connectivity index (χ4n) is 3.07. The molecule has 1 aliphatic rings. The smallest absolute Gasteiger partial charge is 0.168 e. The molecule has 6 nitrogen and oxygen atoms in total. The van der Waals surface area contributed by atoms with Crippen LogP contribution in [0.4, 0.5) is 5.82 Å². The van der Waals surface area contributed by atoms with Gasteiger partial charge in [-0.25, -0.2) is 14.6 Å². The Kier molecular flexibility index (Phi) is 3.46. The number of anilines is 1. The van der Waals surface area contributed by atoms with E-state index in [1.54, 1.807) is 0 Å². The van der Waals surface area contributed by atoms with Crippen molar-refractivity contribution in [1.29, 1.82) is 0 Å². The Hall–Kier alpha value is -2.47. The summed E-state index contributed by atoms with van der Waals surface area (Å²) in [5.74, 6) is 1.77. The van der Waals surface area contributed by atoms with Crippen molar-refractivity contribution in [2.75, 3.05) is 31.1 Å². The molecular weight excluding hydrogens is 288 g/mol. The molecule has 0 spiro atoms. The second-order valence-corrected chi connectivity index (χ2v) is 5.96.